The highest BCUT2D eigenvalue weighted by Gasteiger charge is 2.28. The molecular formula is C14H28NO7P. The summed E-state index contributed by atoms with van der Waals surface area (Å²) in [6.45, 7) is 6.35. The molecule has 0 heterocycles. The molecule has 0 radical (unpaired) electrons. The number of alkyl carbamates (subject to hydrolysis) is 1. The molecule has 0 saturated heterocycles. The van der Waals surface area contributed by atoms with Gasteiger partial charge < -0.3 is 24.8 Å². The van der Waals surface area contributed by atoms with E-state index >= 15 is 0 Å². The number of esters is 1. The maximum atomic E-state index is 11.8. The minimum absolute atomic E-state index is 0.0239. The molecule has 0 bridgehead atoms. The van der Waals surface area contributed by atoms with Gasteiger partial charge in [0.05, 0.1) is 5.41 Å². The Labute approximate surface area is 137 Å². The summed E-state index contributed by atoms with van der Waals surface area (Å²) in [5.74, 6) is -1.88. The second-order valence-electron chi connectivity index (χ2n) is 6.26. The van der Waals surface area contributed by atoms with Gasteiger partial charge in [-0.3, -0.25) is 9.36 Å². The smallest absolute Gasteiger partial charge is 0.410 e. The van der Waals surface area contributed by atoms with Crippen LogP contribution in [0.15, 0.2) is 0 Å². The number of ether oxygens (including phenoxy) is 2. The van der Waals surface area contributed by atoms with Gasteiger partial charge >= 0.3 is 12.1 Å². The Hall–Kier alpha value is -1.11. The third-order valence-electron chi connectivity index (χ3n) is 2.96. The summed E-state index contributed by atoms with van der Waals surface area (Å²) in [7, 11) is -3.62. The molecule has 1 unspecified atom stereocenters. The van der Waals surface area contributed by atoms with Gasteiger partial charge in [0.15, 0.2) is 0 Å². The minimum atomic E-state index is -3.62. The fourth-order valence-corrected chi connectivity index (χ4v) is 3.04. The van der Waals surface area contributed by atoms with Crippen LogP contribution in [0.5, 0.6) is 0 Å². The van der Waals surface area contributed by atoms with Crippen molar-refractivity contribution in [3.8, 4) is 0 Å². The molecule has 2 atom stereocenters. The highest BCUT2D eigenvalue weighted by atomic mass is 31.2. The summed E-state index contributed by atoms with van der Waals surface area (Å²) in [5, 5.41) is 12.0. The lowest BCUT2D eigenvalue weighted by Crippen LogP contribution is -2.30. The summed E-state index contributed by atoms with van der Waals surface area (Å²) in [6, 6.07) is 0. The number of amides is 1. The molecule has 8 nitrogen and oxygen atoms in total. The summed E-state index contributed by atoms with van der Waals surface area (Å²) < 4.78 is 21.2. The molecule has 9 heteroatoms. The fourth-order valence-electron chi connectivity index (χ4n) is 1.44. The van der Waals surface area contributed by atoms with Crippen LogP contribution in [-0.2, 0) is 18.8 Å². The SMILES string of the molecule is CCCCP(=O)(O)[C@@H](O)CCNC(=O)OCOC(=O)C(C)(C)C. The first-order valence-electron chi connectivity index (χ1n) is 7.58. The second kappa shape index (κ2) is 9.90. The fraction of sp³-hybridized carbons (Fsp3) is 0.857. The van der Waals surface area contributed by atoms with Crippen LogP contribution in [0.1, 0.15) is 47.0 Å². The zero-order valence-corrected chi connectivity index (χ0v) is 15.1. The third-order valence-corrected chi connectivity index (χ3v) is 5.11. The van der Waals surface area contributed by atoms with Crippen LogP contribution in [0.3, 0.4) is 0 Å². The molecule has 0 aliphatic heterocycles. The van der Waals surface area contributed by atoms with Gasteiger partial charge in [0.1, 0.15) is 5.85 Å². The first-order chi connectivity index (χ1) is 10.5. The zero-order chi connectivity index (χ0) is 18.1. The van der Waals surface area contributed by atoms with Crippen molar-refractivity contribution in [2.45, 2.75) is 52.8 Å². The molecule has 0 aromatic rings. The number of hydrogen-bond donors (Lipinski definition) is 3. The van der Waals surface area contributed by atoms with Gasteiger partial charge in [-0.1, -0.05) is 13.3 Å². The Morgan fingerprint density at radius 1 is 1.26 bits per heavy atom. The second-order valence-corrected chi connectivity index (χ2v) is 8.81. The van der Waals surface area contributed by atoms with Gasteiger partial charge in [-0.2, -0.15) is 0 Å². The summed E-state index contributed by atoms with van der Waals surface area (Å²) in [6.07, 6.45) is 0.473. The third kappa shape index (κ3) is 9.58. The Balaban J connectivity index is 3.94. The molecule has 0 fully saturated rings. The van der Waals surface area contributed by atoms with Crippen molar-refractivity contribution in [1.29, 1.82) is 0 Å². The lowest BCUT2D eigenvalue weighted by Gasteiger charge is -2.18. The van der Waals surface area contributed by atoms with E-state index in [4.69, 9.17) is 4.74 Å². The molecule has 0 aromatic heterocycles. The monoisotopic (exact) mass is 353 g/mol. The molecule has 3 N–H and O–H groups in total. The Morgan fingerprint density at radius 2 is 1.87 bits per heavy atom. The zero-order valence-electron chi connectivity index (χ0n) is 14.2. The number of nitrogens with one attached hydrogen (secondary N) is 1. The van der Waals surface area contributed by atoms with E-state index in [9.17, 15) is 24.2 Å². The van der Waals surface area contributed by atoms with E-state index in [0.29, 0.717) is 6.42 Å². The number of hydrogen-bond acceptors (Lipinski definition) is 6. The number of unbranched alkanes of at least 4 members (excludes halogenated alkanes) is 1. The number of rotatable bonds is 9. The highest BCUT2D eigenvalue weighted by molar-refractivity contribution is 7.58. The predicted molar refractivity (Wildman–Crippen MR) is 85.1 cm³/mol. The number of aliphatic hydroxyl groups excluding tert-OH is 1. The van der Waals surface area contributed by atoms with Crippen LogP contribution in [0.2, 0.25) is 0 Å². The van der Waals surface area contributed by atoms with Crippen LogP contribution in [0, 0.1) is 5.41 Å². The first kappa shape index (κ1) is 21.9. The van der Waals surface area contributed by atoms with Crippen molar-refractivity contribution >= 4 is 19.4 Å². The van der Waals surface area contributed by atoms with Crippen molar-refractivity contribution in [1.82, 2.24) is 5.32 Å². The maximum Gasteiger partial charge on any atom is 0.410 e. The average molecular weight is 353 g/mol. The van der Waals surface area contributed by atoms with Crippen LogP contribution < -0.4 is 5.32 Å². The number of carbonyl (C=O) groups is 2. The van der Waals surface area contributed by atoms with Crippen LogP contribution in [0.4, 0.5) is 4.79 Å². The van der Waals surface area contributed by atoms with E-state index < -0.39 is 37.5 Å². The van der Waals surface area contributed by atoms with Crippen molar-refractivity contribution in [3.63, 3.8) is 0 Å². The number of aliphatic hydroxyl groups is 1. The molecule has 0 rings (SSSR count). The predicted octanol–water partition coefficient (Wildman–Crippen LogP) is 2.04. The maximum absolute atomic E-state index is 11.8. The van der Waals surface area contributed by atoms with E-state index in [0.717, 1.165) is 6.42 Å². The van der Waals surface area contributed by atoms with E-state index in [2.05, 4.69) is 10.1 Å². The summed E-state index contributed by atoms with van der Waals surface area (Å²) in [5.41, 5.74) is -0.690. The van der Waals surface area contributed by atoms with Crippen molar-refractivity contribution in [2.75, 3.05) is 19.5 Å². The van der Waals surface area contributed by atoms with Gasteiger partial charge in [-0.15, -0.1) is 0 Å². The minimum Gasteiger partial charge on any atom is -0.427 e. The van der Waals surface area contributed by atoms with Gasteiger partial charge in [-0.25, -0.2) is 4.79 Å². The molecule has 0 saturated carbocycles. The molecule has 0 aliphatic carbocycles. The molecular weight excluding hydrogens is 325 g/mol. The summed E-state index contributed by atoms with van der Waals surface area (Å²) >= 11 is 0. The van der Waals surface area contributed by atoms with Crippen LogP contribution in [-0.4, -0.2) is 47.4 Å². The van der Waals surface area contributed by atoms with Crippen molar-refractivity contribution < 1.29 is 33.6 Å². The lowest BCUT2D eigenvalue weighted by molar-refractivity contribution is -0.161. The molecule has 23 heavy (non-hydrogen) atoms. The largest absolute Gasteiger partial charge is 0.427 e. The van der Waals surface area contributed by atoms with Gasteiger partial charge in [0, 0.05) is 19.1 Å². The normalized spacial score (nSPS) is 15.4. The number of carbonyl (C=O) groups excluding carboxylic acids is 2. The van der Waals surface area contributed by atoms with E-state index in [1.165, 1.54) is 0 Å². The molecule has 0 aliphatic rings. The lowest BCUT2D eigenvalue weighted by atomic mass is 9.98. The van der Waals surface area contributed by atoms with Gasteiger partial charge in [-0.05, 0) is 27.2 Å². The van der Waals surface area contributed by atoms with E-state index in [1.807, 2.05) is 6.92 Å². The highest BCUT2D eigenvalue weighted by Crippen LogP contribution is 2.46. The Kier molecular flexibility index (Phi) is 9.42. The molecule has 0 aromatic carbocycles. The summed E-state index contributed by atoms with van der Waals surface area (Å²) in [4.78, 5) is 32.4. The van der Waals surface area contributed by atoms with Crippen molar-refractivity contribution in [3.05, 3.63) is 0 Å². The average Bonchev–Trinajstić information content (AvgIpc) is 2.43. The van der Waals surface area contributed by atoms with E-state index in [1.54, 1.807) is 20.8 Å². The van der Waals surface area contributed by atoms with E-state index in [-0.39, 0.29) is 19.1 Å². The van der Waals surface area contributed by atoms with Crippen LogP contribution in [0.25, 0.3) is 0 Å². The van der Waals surface area contributed by atoms with Crippen molar-refractivity contribution in [2.24, 2.45) is 5.41 Å². The molecule has 1 amide bonds. The quantitative estimate of drug-likeness (QED) is 0.329. The topological polar surface area (TPSA) is 122 Å². The Bertz CT molecular complexity index is 433. The molecule has 0 spiro atoms. The molecule has 136 valence electrons. The van der Waals surface area contributed by atoms with Gasteiger partial charge in [0.2, 0.25) is 14.2 Å². The Morgan fingerprint density at radius 3 is 2.39 bits per heavy atom. The van der Waals surface area contributed by atoms with Gasteiger partial charge in [0.25, 0.3) is 0 Å². The first-order valence-corrected chi connectivity index (χ1v) is 9.49. The van der Waals surface area contributed by atoms with Crippen LogP contribution >= 0.6 is 7.37 Å². The standard InChI is InChI=1S/C14H28NO7P/c1-5-6-9-23(19,20)11(16)7-8-15-13(18)22-10-21-12(17)14(2,3)4/h11,16H,5-10H2,1-4H3,(H,15,18)(H,19,20)/t11-/m1/s1.